The third-order valence-electron chi connectivity index (χ3n) is 3.86. The third-order valence-corrected chi connectivity index (χ3v) is 3.86. The van der Waals surface area contributed by atoms with Gasteiger partial charge in [-0.15, -0.1) is 0 Å². The Labute approximate surface area is 176 Å². The maximum atomic E-state index is 12.3. The van der Waals surface area contributed by atoms with Gasteiger partial charge in [-0.25, -0.2) is 4.79 Å². The number of aliphatic carboxylic acids is 1. The molecule has 0 radical (unpaired) electrons. The van der Waals surface area contributed by atoms with Gasteiger partial charge < -0.3 is 37.1 Å². The fourth-order valence-corrected chi connectivity index (χ4v) is 2.36. The number of carbonyl (C=O) groups excluding carboxylic acids is 2. The number of guanidine groups is 1. The lowest BCUT2D eigenvalue weighted by Crippen LogP contribution is -2.48. The van der Waals surface area contributed by atoms with E-state index in [4.69, 9.17) is 16.2 Å². The summed E-state index contributed by atoms with van der Waals surface area (Å²) in [5.74, 6) is -2.89. The van der Waals surface area contributed by atoms with E-state index < -0.39 is 30.4 Å². The summed E-state index contributed by atoms with van der Waals surface area (Å²) < 4.78 is 5.35. The molecule has 2 amide bonds. The minimum Gasteiger partial charge on any atom is -0.507 e. The molecule has 1 aromatic carbocycles. The molecule has 31 heavy (non-hydrogen) atoms. The number of hydrogen-bond donors (Lipinski definition) is 6. The molecule has 1 aromatic heterocycles. The largest absolute Gasteiger partial charge is 0.507 e. The lowest BCUT2D eigenvalue weighted by atomic mass is 10.1. The van der Waals surface area contributed by atoms with Gasteiger partial charge in [0.15, 0.2) is 5.96 Å². The maximum absolute atomic E-state index is 12.3. The number of aromatic hydroxyl groups is 1. The molecule has 0 unspecified atom stereocenters. The van der Waals surface area contributed by atoms with E-state index in [0.717, 1.165) is 0 Å². The number of benzene rings is 1. The van der Waals surface area contributed by atoms with Crippen molar-refractivity contribution in [2.24, 2.45) is 16.5 Å². The van der Waals surface area contributed by atoms with E-state index in [1.807, 2.05) is 0 Å². The average molecular weight is 430 g/mol. The molecule has 0 spiro atoms. The Morgan fingerprint density at radius 2 is 1.97 bits per heavy atom. The fraction of sp³-hybridized carbons (Fsp3) is 0.211. The second-order valence-electron chi connectivity index (χ2n) is 6.15. The van der Waals surface area contributed by atoms with Crippen molar-refractivity contribution in [3.05, 3.63) is 53.9 Å². The first kappa shape index (κ1) is 22.9. The lowest BCUT2D eigenvalue weighted by molar-refractivity contribution is -0.139. The van der Waals surface area contributed by atoms with Crippen molar-refractivity contribution >= 4 is 23.7 Å². The van der Waals surface area contributed by atoms with Crippen molar-refractivity contribution in [1.29, 1.82) is 0 Å². The van der Waals surface area contributed by atoms with Gasteiger partial charge in [-0.1, -0.05) is 0 Å². The second-order valence-corrected chi connectivity index (χ2v) is 6.15. The van der Waals surface area contributed by atoms with E-state index in [-0.39, 0.29) is 41.7 Å². The Balaban J connectivity index is 1.94. The SMILES string of the molecule is NC(N)=NCCOc1ccc(C(=O)NC[C@H](NC(=O)c2cccnc2)C(=O)O)c(O)c1. The molecule has 164 valence electrons. The van der Waals surface area contributed by atoms with Gasteiger partial charge in [-0.3, -0.25) is 19.6 Å². The van der Waals surface area contributed by atoms with Crippen LogP contribution in [-0.4, -0.2) is 64.7 Å². The predicted molar refractivity (Wildman–Crippen MR) is 110 cm³/mol. The number of nitrogens with one attached hydrogen (secondary N) is 2. The molecule has 8 N–H and O–H groups in total. The van der Waals surface area contributed by atoms with Crippen LogP contribution in [0.1, 0.15) is 20.7 Å². The Morgan fingerprint density at radius 3 is 2.58 bits per heavy atom. The zero-order valence-electron chi connectivity index (χ0n) is 16.3. The predicted octanol–water partition coefficient (Wildman–Crippen LogP) is -0.948. The first-order valence-electron chi connectivity index (χ1n) is 9.01. The van der Waals surface area contributed by atoms with Crippen molar-refractivity contribution in [2.75, 3.05) is 19.7 Å². The molecular formula is C19H22N6O6. The van der Waals surface area contributed by atoms with Crippen LogP contribution in [0.5, 0.6) is 11.5 Å². The highest BCUT2D eigenvalue weighted by molar-refractivity contribution is 5.98. The van der Waals surface area contributed by atoms with Crippen LogP contribution in [0.15, 0.2) is 47.7 Å². The molecule has 0 aliphatic heterocycles. The molecule has 0 fully saturated rings. The van der Waals surface area contributed by atoms with Crippen LogP contribution in [0.4, 0.5) is 0 Å². The summed E-state index contributed by atoms with van der Waals surface area (Å²) in [6.07, 6.45) is 2.75. The van der Waals surface area contributed by atoms with E-state index in [2.05, 4.69) is 20.6 Å². The van der Waals surface area contributed by atoms with Gasteiger partial charge in [-0.2, -0.15) is 0 Å². The molecule has 12 nitrogen and oxygen atoms in total. The van der Waals surface area contributed by atoms with Crippen LogP contribution < -0.4 is 26.8 Å². The highest BCUT2D eigenvalue weighted by Gasteiger charge is 2.22. The van der Waals surface area contributed by atoms with Gasteiger partial charge in [0.1, 0.15) is 24.1 Å². The monoisotopic (exact) mass is 430 g/mol. The van der Waals surface area contributed by atoms with Crippen molar-refractivity contribution in [3.8, 4) is 11.5 Å². The topological polar surface area (TPSA) is 202 Å². The first-order valence-corrected chi connectivity index (χ1v) is 9.01. The third kappa shape index (κ3) is 7.20. The summed E-state index contributed by atoms with van der Waals surface area (Å²) in [5, 5.41) is 24.0. The van der Waals surface area contributed by atoms with Gasteiger partial charge in [0.05, 0.1) is 17.7 Å². The second kappa shape index (κ2) is 11.0. The number of nitrogens with two attached hydrogens (primary N) is 2. The van der Waals surface area contributed by atoms with Crippen molar-refractivity contribution in [1.82, 2.24) is 15.6 Å². The minimum atomic E-state index is -1.39. The number of phenols is 1. The van der Waals surface area contributed by atoms with Crippen molar-refractivity contribution in [3.63, 3.8) is 0 Å². The summed E-state index contributed by atoms with van der Waals surface area (Å²) in [6.45, 7) is -0.0388. The van der Waals surface area contributed by atoms with Gasteiger partial charge in [0.25, 0.3) is 11.8 Å². The van der Waals surface area contributed by atoms with Gasteiger partial charge in [0.2, 0.25) is 0 Å². The summed E-state index contributed by atoms with van der Waals surface area (Å²) in [4.78, 5) is 43.4. The van der Waals surface area contributed by atoms with Crippen LogP contribution in [0.25, 0.3) is 0 Å². The number of aliphatic imine (C=N–C) groups is 1. The molecule has 1 heterocycles. The van der Waals surface area contributed by atoms with Crippen LogP contribution in [0.2, 0.25) is 0 Å². The lowest BCUT2D eigenvalue weighted by Gasteiger charge is -2.16. The standard InChI is InChI=1S/C19H22N6O6/c20-19(21)23-6-7-31-12-3-4-13(15(26)8-12)17(28)24-10-14(18(29)30)25-16(27)11-2-1-5-22-9-11/h1-5,8-9,14,26H,6-7,10H2,(H,24,28)(H,25,27)(H,29,30)(H4,20,21,23)/t14-/m0/s1. The van der Waals surface area contributed by atoms with E-state index >= 15 is 0 Å². The molecule has 0 aliphatic carbocycles. The van der Waals surface area contributed by atoms with E-state index in [1.54, 1.807) is 0 Å². The number of carboxylic acid groups (broad SMARTS) is 1. The average Bonchev–Trinajstić information content (AvgIpc) is 2.74. The number of carboxylic acids is 1. The molecule has 0 saturated carbocycles. The Kier molecular flexibility index (Phi) is 8.13. The number of hydrogen-bond acceptors (Lipinski definition) is 7. The maximum Gasteiger partial charge on any atom is 0.328 e. The number of aromatic nitrogens is 1. The molecule has 0 bridgehead atoms. The normalized spacial score (nSPS) is 11.1. The number of phenolic OH excluding ortho intramolecular Hbond substituents is 1. The van der Waals surface area contributed by atoms with Crippen LogP contribution >= 0.6 is 0 Å². The minimum absolute atomic E-state index is 0.0743. The summed E-state index contributed by atoms with van der Waals surface area (Å²) in [7, 11) is 0. The summed E-state index contributed by atoms with van der Waals surface area (Å²) in [6, 6.07) is 5.59. The van der Waals surface area contributed by atoms with E-state index in [1.165, 1.54) is 42.7 Å². The highest BCUT2D eigenvalue weighted by Crippen LogP contribution is 2.23. The number of carbonyl (C=O) groups is 3. The zero-order chi connectivity index (χ0) is 22.8. The molecule has 2 rings (SSSR count). The van der Waals surface area contributed by atoms with Gasteiger partial charge in [-0.05, 0) is 24.3 Å². The number of rotatable bonds is 10. The van der Waals surface area contributed by atoms with E-state index in [0.29, 0.717) is 0 Å². The number of ether oxygens (including phenoxy) is 1. The van der Waals surface area contributed by atoms with Crippen molar-refractivity contribution in [2.45, 2.75) is 6.04 Å². The number of amides is 2. The number of pyridine rings is 1. The zero-order valence-corrected chi connectivity index (χ0v) is 16.3. The molecule has 0 aliphatic rings. The van der Waals surface area contributed by atoms with Gasteiger partial charge in [0, 0.05) is 25.0 Å². The van der Waals surface area contributed by atoms with Crippen LogP contribution in [-0.2, 0) is 4.79 Å². The van der Waals surface area contributed by atoms with Crippen molar-refractivity contribution < 1.29 is 29.3 Å². The highest BCUT2D eigenvalue weighted by atomic mass is 16.5. The fourth-order valence-electron chi connectivity index (χ4n) is 2.36. The van der Waals surface area contributed by atoms with Crippen LogP contribution in [0.3, 0.4) is 0 Å². The smallest absolute Gasteiger partial charge is 0.328 e. The van der Waals surface area contributed by atoms with E-state index in [9.17, 15) is 24.6 Å². The molecule has 12 heteroatoms. The summed E-state index contributed by atoms with van der Waals surface area (Å²) in [5.41, 5.74) is 10.5. The number of nitrogens with zero attached hydrogens (tertiary/aromatic N) is 2. The molecule has 0 saturated heterocycles. The molecule has 2 aromatic rings. The Hall–Kier alpha value is -4.35. The summed E-state index contributed by atoms with van der Waals surface area (Å²) >= 11 is 0. The quantitative estimate of drug-likeness (QED) is 0.156. The van der Waals surface area contributed by atoms with Gasteiger partial charge >= 0.3 is 5.97 Å². The Morgan fingerprint density at radius 1 is 1.19 bits per heavy atom. The van der Waals surface area contributed by atoms with Crippen LogP contribution in [0, 0.1) is 0 Å². The molecule has 1 atom stereocenters. The molecular weight excluding hydrogens is 408 g/mol. The Bertz CT molecular complexity index is 962. The first-order chi connectivity index (χ1) is 14.8.